The van der Waals surface area contributed by atoms with Gasteiger partial charge in [-0.05, 0) is 0 Å². The summed E-state index contributed by atoms with van der Waals surface area (Å²) in [7, 11) is 1.00. The smallest absolute Gasteiger partial charge is 0.395 e. The molecule has 0 aliphatic rings. The first-order chi connectivity index (χ1) is 5.35. The molecule has 70 valence electrons. The highest BCUT2D eigenvalue weighted by Gasteiger charge is 2.31. The summed E-state index contributed by atoms with van der Waals surface area (Å²) in [6.45, 7) is 0. The van der Waals surface area contributed by atoms with Crippen molar-refractivity contribution in [1.82, 2.24) is 0 Å². The average Bonchev–Trinajstić information content (AvgIpc) is 1.82. The molecule has 0 spiro atoms. The second kappa shape index (κ2) is 4.08. The maximum atomic E-state index is 11.5. The Morgan fingerprint density at radius 1 is 1.33 bits per heavy atom. The van der Waals surface area contributed by atoms with Gasteiger partial charge in [-0.3, -0.25) is 9.59 Å². The normalized spacial score (nSPS) is 11.0. The maximum absolute atomic E-state index is 11.5. The second-order valence-corrected chi connectivity index (χ2v) is 2.08. The van der Waals surface area contributed by atoms with Crippen LogP contribution in [0.5, 0.6) is 0 Å². The van der Waals surface area contributed by atoms with Gasteiger partial charge in [0, 0.05) is 0 Å². The molecule has 3 nitrogen and oxygen atoms in total. The number of methoxy groups -OCH3 is 1. The Hall–Kier alpha value is -1.07. The lowest BCUT2D eigenvalue weighted by atomic mass is 10.2. The van der Waals surface area contributed by atoms with Crippen LogP contribution in [0.15, 0.2) is 0 Å². The molecule has 0 heterocycles. The molecule has 0 atom stereocenters. The van der Waals surface area contributed by atoms with Crippen molar-refractivity contribution >= 4 is 11.8 Å². The van der Waals surface area contributed by atoms with Gasteiger partial charge < -0.3 is 4.74 Å². The van der Waals surface area contributed by atoms with Crippen molar-refractivity contribution in [1.29, 1.82) is 0 Å². The summed E-state index contributed by atoms with van der Waals surface area (Å²) >= 11 is 0. The first kappa shape index (κ1) is 10.9. The highest BCUT2D eigenvalue weighted by Crippen LogP contribution is 2.20. The lowest BCUT2D eigenvalue weighted by Gasteiger charge is -2.03. The van der Waals surface area contributed by atoms with Crippen molar-refractivity contribution in [2.45, 2.75) is 19.0 Å². The standard InChI is InChI=1S/C6H7F3O3/c1-12-5(11)2-4(10)3-6(7,8)9/h2-3H2,1H3. The fourth-order valence-corrected chi connectivity index (χ4v) is 0.519. The van der Waals surface area contributed by atoms with Gasteiger partial charge in [-0.25, -0.2) is 0 Å². The monoisotopic (exact) mass is 184 g/mol. The summed E-state index contributed by atoms with van der Waals surface area (Å²) in [5.74, 6) is -2.14. The molecule has 0 unspecified atom stereocenters. The molecule has 0 aromatic carbocycles. The molecule has 0 aromatic rings. The van der Waals surface area contributed by atoms with Gasteiger partial charge in [-0.2, -0.15) is 13.2 Å². The fraction of sp³-hybridized carbons (Fsp3) is 0.667. The van der Waals surface area contributed by atoms with Crippen LogP contribution in [0.1, 0.15) is 12.8 Å². The molecular formula is C6H7F3O3. The molecule has 0 radical (unpaired) electrons. The number of carbonyl (C=O) groups is 2. The molecule has 0 amide bonds. The molecule has 0 bridgehead atoms. The molecular weight excluding hydrogens is 177 g/mol. The molecule has 0 N–H and O–H groups in total. The van der Waals surface area contributed by atoms with Crippen molar-refractivity contribution < 1.29 is 27.5 Å². The number of rotatable bonds is 3. The minimum atomic E-state index is -4.55. The zero-order valence-electron chi connectivity index (χ0n) is 6.27. The molecule has 0 saturated heterocycles. The van der Waals surface area contributed by atoms with E-state index in [9.17, 15) is 22.8 Å². The predicted octanol–water partition coefficient (Wildman–Crippen LogP) is 1.07. The second-order valence-electron chi connectivity index (χ2n) is 2.08. The molecule has 0 saturated carbocycles. The van der Waals surface area contributed by atoms with E-state index in [4.69, 9.17) is 0 Å². The van der Waals surface area contributed by atoms with Gasteiger partial charge in [0.15, 0.2) is 5.78 Å². The van der Waals surface area contributed by atoms with Crippen LogP contribution in [0.3, 0.4) is 0 Å². The van der Waals surface area contributed by atoms with Gasteiger partial charge in [0.05, 0.1) is 7.11 Å². The predicted molar refractivity (Wildman–Crippen MR) is 32.3 cm³/mol. The van der Waals surface area contributed by atoms with Crippen LogP contribution in [0, 0.1) is 0 Å². The zero-order valence-corrected chi connectivity index (χ0v) is 6.27. The SMILES string of the molecule is COC(=O)CC(=O)CC(F)(F)F. The topological polar surface area (TPSA) is 43.4 Å². The third kappa shape index (κ3) is 5.70. The van der Waals surface area contributed by atoms with E-state index in [1.54, 1.807) is 0 Å². The van der Waals surface area contributed by atoms with E-state index in [0.29, 0.717) is 0 Å². The number of ketones is 1. The van der Waals surface area contributed by atoms with E-state index >= 15 is 0 Å². The number of esters is 1. The minimum Gasteiger partial charge on any atom is -0.469 e. The van der Waals surface area contributed by atoms with Gasteiger partial charge in [0.25, 0.3) is 0 Å². The van der Waals surface area contributed by atoms with Gasteiger partial charge in [-0.15, -0.1) is 0 Å². The van der Waals surface area contributed by atoms with E-state index in [1.807, 2.05) is 0 Å². The molecule has 0 aliphatic heterocycles. The van der Waals surface area contributed by atoms with Crippen LogP contribution in [0.2, 0.25) is 0 Å². The first-order valence-electron chi connectivity index (χ1n) is 3.00. The lowest BCUT2D eigenvalue weighted by molar-refractivity contribution is -0.155. The summed E-state index contributed by atoms with van der Waals surface area (Å²) in [5.41, 5.74) is 0. The van der Waals surface area contributed by atoms with Crippen molar-refractivity contribution in [2.24, 2.45) is 0 Å². The van der Waals surface area contributed by atoms with Crippen molar-refractivity contribution in [3.05, 3.63) is 0 Å². The summed E-state index contributed by atoms with van der Waals surface area (Å²) < 4.78 is 38.5. The number of hydrogen-bond donors (Lipinski definition) is 0. The Bertz CT molecular complexity index is 185. The quantitative estimate of drug-likeness (QED) is 0.486. The van der Waals surface area contributed by atoms with Crippen LogP contribution in [-0.2, 0) is 14.3 Å². The Labute approximate surface area is 66.5 Å². The summed E-state index contributed by atoms with van der Waals surface area (Å²) in [6, 6.07) is 0. The van der Waals surface area contributed by atoms with Gasteiger partial charge in [0.1, 0.15) is 12.8 Å². The van der Waals surface area contributed by atoms with E-state index in [0.717, 1.165) is 7.11 Å². The number of ether oxygens (including phenoxy) is 1. The summed E-state index contributed by atoms with van der Waals surface area (Å²) in [4.78, 5) is 20.7. The third-order valence-electron chi connectivity index (χ3n) is 0.967. The number of alkyl halides is 3. The Kier molecular flexibility index (Phi) is 3.72. The number of carbonyl (C=O) groups excluding carboxylic acids is 2. The first-order valence-corrected chi connectivity index (χ1v) is 3.00. The molecule has 0 rings (SSSR count). The van der Waals surface area contributed by atoms with Crippen LogP contribution < -0.4 is 0 Å². The molecule has 6 heteroatoms. The van der Waals surface area contributed by atoms with Crippen LogP contribution in [-0.4, -0.2) is 25.0 Å². The molecule has 0 aliphatic carbocycles. The van der Waals surface area contributed by atoms with Crippen LogP contribution in [0.4, 0.5) is 13.2 Å². The Balaban J connectivity index is 3.83. The minimum absolute atomic E-state index is 0.823. The zero-order chi connectivity index (χ0) is 9.78. The van der Waals surface area contributed by atoms with E-state index < -0.39 is 30.8 Å². The number of halogens is 3. The number of hydrogen-bond acceptors (Lipinski definition) is 3. The van der Waals surface area contributed by atoms with E-state index in [1.165, 1.54) is 0 Å². The summed E-state index contributed by atoms with van der Waals surface area (Å²) in [5, 5.41) is 0. The third-order valence-corrected chi connectivity index (χ3v) is 0.967. The molecule has 0 fully saturated rings. The Morgan fingerprint density at radius 3 is 2.17 bits per heavy atom. The van der Waals surface area contributed by atoms with Crippen molar-refractivity contribution in [2.75, 3.05) is 7.11 Å². The van der Waals surface area contributed by atoms with Gasteiger partial charge in [0.2, 0.25) is 0 Å². The average molecular weight is 184 g/mol. The van der Waals surface area contributed by atoms with Crippen LogP contribution >= 0.6 is 0 Å². The van der Waals surface area contributed by atoms with Crippen LogP contribution in [0.25, 0.3) is 0 Å². The highest BCUT2D eigenvalue weighted by molar-refractivity contribution is 5.95. The van der Waals surface area contributed by atoms with Gasteiger partial charge in [-0.1, -0.05) is 0 Å². The molecule has 12 heavy (non-hydrogen) atoms. The number of Topliss-reactive ketones (excluding diaryl/α,β-unsaturated/α-hetero) is 1. The van der Waals surface area contributed by atoms with E-state index in [-0.39, 0.29) is 0 Å². The van der Waals surface area contributed by atoms with Crippen molar-refractivity contribution in [3.63, 3.8) is 0 Å². The fourth-order valence-electron chi connectivity index (χ4n) is 0.519. The highest BCUT2D eigenvalue weighted by atomic mass is 19.4. The largest absolute Gasteiger partial charge is 0.469 e. The van der Waals surface area contributed by atoms with E-state index in [2.05, 4.69) is 4.74 Å². The summed E-state index contributed by atoms with van der Waals surface area (Å²) in [6.07, 6.45) is -6.96. The maximum Gasteiger partial charge on any atom is 0.395 e. The Morgan fingerprint density at radius 2 is 1.83 bits per heavy atom. The lowest BCUT2D eigenvalue weighted by Crippen LogP contribution is -2.18. The van der Waals surface area contributed by atoms with Crippen molar-refractivity contribution in [3.8, 4) is 0 Å². The van der Waals surface area contributed by atoms with Gasteiger partial charge >= 0.3 is 12.1 Å². The molecule has 0 aromatic heterocycles.